The Bertz CT molecular complexity index is 791. The van der Waals surface area contributed by atoms with E-state index in [0.29, 0.717) is 0 Å². The van der Waals surface area contributed by atoms with Gasteiger partial charge in [0.1, 0.15) is 0 Å². The molecule has 104 valence electrons. The van der Waals surface area contributed by atoms with Crippen LogP contribution in [0.3, 0.4) is 0 Å². The summed E-state index contributed by atoms with van der Waals surface area (Å²) in [4.78, 5) is 11.4. The highest BCUT2D eigenvalue weighted by atomic mass is 16.4. The third kappa shape index (κ3) is 2.52. The van der Waals surface area contributed by atoms with Crippen LogP contribution in [0.4, 0.5) is 0 Å². The minimum absolute atomic E-state index is 0.537. The number of fused-ring (bicyclic) bond motifs is 1. The second kappa shape index (κ2) is 5.41. The van der Waals surface area contributed by atoms with Gasteiger partial charge >= 0.3 is 5.97 Å². The number of aliphatic carboxylic acids is 1. The number of carbonyl (C=O) groups is 1. The lowest BCUT2D eigenvalue weighted by Crippen LogP contribution is -2.08. The van der Waals surface area contributed by atoms with Gasteiger partial charge in [-0.3, -0.25) is 4.79 Å². The van der Waals surface area contributed by atoms with Crippen LogP contribution in [0.25, 0.3) is 21.9 Å². The van der Waals surface area contributed by atoms with Crippen LogP contribution in [0.2, 0.25) is 0 Å². The van der Waals surface area contributed by atoms with Crippen molar-refractivity contribution in [1.82, 2.24) is 0 Å². The van der Waals surface area contributed by atoms with E-state index in [1.165, 1.54) is 0 Å². The van der Waals surface area contributed by atoms with Gasteiger partial charge in [0.2, 0.25) is 0 Å². The maximum Gasteiger partial charge on any atom is 0.310 e. The van der Waals surface area contributed by atoms with E-state index in [2.05, 4.69) is 12.1 Å². The highest BCUT2D eigenvalue weighted by molar-refractivity contribution is 5.92. The van der Waals surface area contributed by atoms with Crippen molar-refractivity contribution in [1.29, 1.82) is 0 Å². The van der Waals surface area contributed by atoms with Gasteiger partial charge in [-0.15, -0.1) is 0 Å². The maximum atomic E-state index is 11.4. The fourth-order valence-electron chi connectivity index (χ4n) is 2.62. The lowest BCUT2D eigenvalue weighted by Gasteiger charge is -2.15. The predicted molar refractivity (Wildman–Crippen MR) is 85.4 cm³/mol. The normalized spacial score (nSPS) is 12.2. The van der Waals surface area contributed by atoms with Crippen LogP contribution in [0.15, 0.2) is 66.7 Å². The van der Waals surface area contributed by atoms with Crippen molar-refractivity contribution in [2.24, 2.45) is 0 Å². The molecule has 0 aliphatic rings. The third-order valence-electron chi connectivity index (χ3n) is 3.84. The molecule has 0 saturated heterocycles. The molecule has 0 aliphatic heterocycles. The van der Waals surface area contributed by atoms with Crippen molar-refractivity contribution in [3.05, 3.63) is 72.3 Å². The monoisotopic (exact) mass is 276 g/mol. The van der Waals surface area contributed by atoms with Crippen LogP contribution < -0.4 is 0 Å². The lowest BCUT2D eigenvalue weighted by atomic mass is 9.89. The molecule has 0 heterocycles. The first kappa shape index (κ1) is 13.4. The topological polar surface area (TPSA) is 37.3 Å². The van der Waals surface area contributed by atoms with Gasteiger partial charge in [-0.1, -0.05) is 54.6 Å². The zero-order chi connectivity index (χ0) is 14.8. The highest BCUT2D eigenvalue weighted by Gasteiger charge is 2.19. The van der Waals surface area contributed by atoms with E-state index in [1.54, 1.807) is 6.92 Å². The van der Waals surface area contributed by atoms with E-state index in [0.717, 1.165) is 27.5 Å². The lowest BCUT2D eigenvalue weighted by molar-refractivity contribution is -0.138. The number of benzene rings is 3. The standard InChI is InChI=1S/C19H16O2/c1-13(19(20)21)17-11-15-9-5-6-10-16(15)12-18(17)14-7-3-2-4-8-14/h2-13H,1H3,(H,20,21). The Kier molecular flexibility index (Phi) is 3.44. The molecule has 3 aromatic rings. The van der Waals surface area contributed by atoms with Crippen LogP contribution in [-0.4, -0.2) is 11.1 Å². The third-order valence-corrected chi connectivity index (χ3v) is 3.84. The number of carboxylic acid groups (broad SMARTS) is 1. The first-order chi connectivity index (χ1) is 10.2. The van der Waals surface area contributed by atoms with Crippen LogP contribution >= 0.6 is 0 Å². The van der Waals surface area contributed by atoms with Crippen molar-refractivity contribution in [3.8, 4) is 11.1 Å². The smallest absolute Gasteiger partial charge is 0.310 e. The molecule has 21 heavy (non-hydrogen) atoms. The Morgan fingerprint density at radius 3 is 2.10 bits per heavy atom. The van der Waals surface area contributed by atoms with Crippen molar-refractivity contribution in [2.75, 3.05) is 0 Å². The quantitative estimate of drug-likeness (QED) is 0.753. The summed E-state index contributed by atoms with van der Waals surface area (Å²) in [7, 11) is 0. The Labute approximate surface area is 123 Å². The molecule has 0 amide bonds. The molecule has 0 aliphatic carbocycles. The van der Waals surface area contributed by atoms with Crippen LogP contribution in [-0.2, 0) is 4.79 Å². The predicted octanol–water partition coefficient (Wildman–Crippen LogP) is 4.69. The molecule has 0 radical (unpaired) electrons. The Hall–Kier alpha value is -2.61. The first-order valence-electron chi connectivity index (χ1n) is 6.98. The van der Waals surface area contributed by atoms with Gasteiger partial charge in [-0.25, -0.2) is 0 Å². The molecule has 3 rings (SSSR count). The summed E-state index contributed by atoms with van der Waals surface area (Å²) < 4.78 is 0. The number of hydrogen-bond donors (Lipinski definition) is 1. The maximum absolute atomic E-state index is 11.4. The fourth-order valence-corrected chi connectivity index (χ4v) is 2.62. The summed E-state index contributed by atoms with van der Waals surface area (Å²) in [5.74, 6) is -1.34. The fraction of sp³-hybridized carbons (Fsp3) is 0.105. The van der Waals surface area contributed by atoms with Gasteiger partial charge in [-0.2, -0.15) is 0 Å². The zero-order valence-electron chi connectivity index (χ0n) is 11.8. The van der Waals surface area contributed by atoms with Crippen molar-refractivity contribution >= 4 is 16.7 Å². The van der Waals surface area contributed by atoms with Crippen molar-refractivity contribution < 1.29 is 9.90 Å². The molecule has 0 spiro atoms. The summed E-state index contributed by atoms with van der Waals surface area (Å²) in [6, 6.07) is 22.1. The minimum Gasteiger partial charge on any atom is -0.481 e. The van der Waals surface area contributed by atoms with E-state index < -0.39 is 11.9 Å². The largest absolute Gasteiger partial charge is 0.481 e. The molecular weight excluding hydrogens is 260 g/mol. The van der Waals surface area contributed by atoms with Gasteiger partial charge in [0.15, 0.2) is 0 Å². The minimum atomic E-state index is -0.803. The molecule has 2 heteroatoms. The molecule has 1 atom stereocenters. The molecule has 2 nitrogen and oxygen atoms in total. The average molecular weight is 276 g/mol. The van der Waals surface area contributed by atoms with E-state index in [-0.39, 0.29) is 0 Å². The second-order valence-corrected chi connectivity index (χ2v) is 5.21. The summed E-state index contributed by atoms with van der Waals surface area (Å²) >= 11 is 0. The molecule has 0 bridgehead atoms. The SMILES string of the molecule is CC(C(=O)O)c1cc2ccccc2cc1-c1ccccc1. The summed E-state index contributed by atoms with van der Waals surface area (Å²) in [5.41, 5.74) is 2.89. The van der Waals surface area contributed by atoms with Crippen LogP contribution in [0, 0.1) is 0 Å². The number of hydrogen-bond acceptors (Lipinski definition) is 1. The molecular formula is C19H16O2. The Balaban J connectivity index is 2.29. The number of rotatable bonds is 3. The molecule has 1 N–H and O–H groups in total. The van der Waals surface area contributed by atoms with E-state index >= 15 is 0 Å². The van der Waals surface area contributed by atoms with Gasteiger partial charge in [-0.05, 0) is 46.5 Å². The highest BCUT2D eigenvalue weighted by Crippen LogP contribution is 2.33. The summed E-state index contributed by atoms with van der Waals surface area (Å²) in [6.07, 6.45) is 0. The van der Waals surface area contributed by atoms with Gasteiger partial charge in [0, 0.05) is 0 Å². The molecule has 0 aromatic heterocycles. The first-order valence-corrected chi connectivity index (χ1v) is 6.98. The van der Waals surface area contributed by atoms with Crippen LogP contribution in [0.1, 0.15) is 18.4 Å². The molecule has 0 saturated carbocycles. The van der Waals surface area contributed by atoms with Crippen LogP contribution in [0.5, 0.6) is 0 Å². The molecule has 0 fully saturated rings. The van der Waals surface area contributed by atoms with Gasteiger partial charge in [0.25, 0.3) is 0 Å². The van der Waals surface area contributed by atoms with Gasteiger partial charge in [0.05, 0.1) is 5.92 Å². The van der Waals surface area contributed by atoms with E-state index in [1.807, 2.05) is 54.6 Å². The summed E-state index contributed by atoms with van der Waals surface area (Å²) in [5, 5.41) is 11.6. The molecule has 1 unspecified atom stereocenters. The molecule has 3 aromatic carbocycles. The van der Waals surface area contributed by atoms with Crippen molar-refractivity contribution in [3.63, 3.8) is 0 Å². The average Bonchev–Trinajstić information content (AvgIpc) is 2.53. The second-order valence-electron chi connectivity index (χ2n) is 5.21. The van der Waals surface area contributed by atoms with E-state index in [9.17, 15) is 9.90 Å². The summed E-state index contributed by atoms with van der Waals surface area (Å²) in [6.45, 7) is 1.74. The zero-order valence-corrected chi connectivity index (χ0v) is 11.8. The van der Waals surface area contributed by atoms with E-state index in [4.69, 9.17) is 0 Å². The Morgan fingerprint density at radius 2 is 1.48 bits per heavy atom. The van der Waals surface area contributed by atoms with Gasteiger partial charge < -0.3 is 5.11 Å². The number of carboxylic acids is 1. The Morgan fingerprint density at radius 1 is 0.905 bits per heavy atom. The van der Waals surface area contributed by atoms with Crippen molar-refractivity contribution in [2.45, 2.75) is 12.8 Å².